The van der Waals surface area contributed by atoms with Crippen LogP contribution in [-0.4, -0.2) is 33.9 Å². The van der Waals surface area contributed by atoms with Crippen LogP contribution in [0.4, 0.5) is 32.2 Å². The number of aromatic nitrogens is 3. The SMILES string of the molecule is CCNc1ncccc1-c1noc(-c2ccc(OC(C)C(F)(F)F)c(C(F)(F)F)c2)n1. The van der Waals surface area contributed by atoms with Crippen molar-refractivity contribution in [3.8, 4) is 28.6 Å². The molecule has 1 unspecified atom stereocenters. The highest BCUT2D eigenvalue weighted by Crippen LogP contribution is 2.40. The molecule has 6 nitrogen and oxygen atoms in total. The summed E-state index contributed by atoms with van der Waals surface area (Å²) in [6, 6.07) is 5.78. The van der Waals surface area contributed by atoms with E-state index in [1.165, 1.54) is 0 Å². The van der Waals surface area contributed by atoms with E-state index in [1.54, 1.807) is 18.3 Å². The Balaban J connectivity index is 1.98. The zero-order valence-corrected chi connectivity index (χ0v) is 16.2. The molecule has 3 rings (SSSR count). The van der Waals surface area contributed by atoms with Gasteiger partial charge in [-0.3, -0.25) is 0 Å². The predicted octanol–water partition coefficient (Wildman–Crippen LogP) is 5.58. The van der Waals surface area contributed by atoms with E-state index in [0.29, 0.717) is 30.9 Å². The van der Waals surface area contributed by atoms with Crippen LogP contribution in [0.25, 0.3) is 22.8 Å². The molecule has 0 aliphatic heterocycles. The summed E-state index contributed by atoms with van der Waals surface area (Å²) in [7, 11) is 0. The molecule has 2 heterocycles. The Hall–Kier alpha value is -3.31. The quantitative estimate of drug-likeness (QED) is 0.499. The molecule has 166 valence electrons. The minimum atomic E-state index is -4.97. The summed E-state index contributed by atoms with van der Waals surface area (Å²) in [6.07, 6.45) is -10.7. The van der Waals surface area contributed by atoms with Gasteiger partial charge in [0, 0.05) is 18.3 Å². The second-order valence-electron chi connectivity index (χ2n) is 6.36. The molecule has 0 radical (unpaired) electrons. The van der Waals surface area contributed by atoms with Gasteiger partial charge in [-0.25, -0.2) is 4.98 Å². The summed E-state index contributed by atoms with van der Waals surface area (Å²) in [4.78, 5) is 8.24. The second-order valence-corrected chi connectivity index (χ2v) is 6.36. The van der Waals surface area contributed by atoms with Crippen molar-refractivity contribution in [2.45, 2.75) is 32.3 Å². The average Bonchev–Trinajstić information content (AvgIpc) is 3.17. The minimum absolute atomic E-state index is 0.0821. The second kappa shape index (κ2) is 8.44. The van der Waals surface area contributed by atoms with E-state index < -0.39 is 29.8 Å². The lowest BCUT2D eigenvalue weighted by molar-refractivity contribution is -0.191. The first-order valence-electron chi connectivity index (χ1n) is 8.98. The summed E-state index contributed by atoms with van der Waals surface area (Å²) >= 11 is 0. The molecule has 0 aliphatic rings. The number of hydrogen-bond acceptors (Lipinski definition) is 6. The molecule has 1 aromatic carbocycles. The fraction of sp³-hybridized carbons (Fsp3) is 0.316. The Labute approximate surface area is 172 Å². The van der Waals surface area contributed by atoms with E-state index >= 15 is 0 Å². The maximum absolute atomic E-state index is 13.5. The van der Waals surface area contributed by atoms with Gasteiger partial charge >= 0.3 is 12.4 Å². The zero-order valence-electron chi connectivity index (χ0n) is 16.2. The van der Waals surface area contributed by atoms with Crippen molar-refractivity contribution in [1.29, 1.82) is 0 Å². The van der Waals surface area contributed by atoms with Gasteiger partial charge in [-0.05, 0) is 44.2 Å². The Morgan fingerprint density at radius 1 is 1.13 bits per heavy atom. The van der Waals surface area contributed by atoms with E-state index in [4.69, 9.17) is 4.52 Å². The highest BCUT2D eigenvalue weighted by molar-refractivity contribution is 5.71. The number of rotatable bonds is 6. The Morgan fingerprint density at radius 3 is 2.52 bits per heavy atom. The molecule has 31 heavy (non-hydrogen) atoms. The third-order valence-corrected chi connectivity index (χ3v) is 4.12. The third-order valence-electron chi connectivity index (χ3n) is 4.12. The summed E-state index contributed by atoms with van der Waals surface area (Å²) < 4.78 is 88.1. The predicted molar refractivity (Wildman–Crippen MR) is 98.3 cm³/mol. The average molecular weight is 446 g/mol. The minimum Gasteiger partial charge on any atom is -0.481 e. The number of benzene rings is 1. The molecule has 3 aromatic rings. The largest absolute Gasteiger partial charge is 0.481 e. The maximum atomic E-state index is 13.5. The van der Waals surface area contributed by atoms with E-state index in [-0.39, 0.29) is 17.3 Å². The molecule has 0 saturated carbocycles. The molecule has 0 spiro atoms. The molecule has 2 aromatic heterocycles. The number of halogens is 6. The Bertz CT molecular complexity index is 1050. The highest BCUT2D eigenvalue weighted by Gasteiger charge is 2.41. The van der Waals surface area contributed by atoms with Gasteiger partial charge in [0.15, 0.2) is 6.10 Å². The van der Waals surface area contributed by atoms with Gasteiger partial charge in [-0.15, -0.1) is 0 Å². The lowest BCUT2D eigenvalue weighted by atomic mass is 10.1. The van der Waals surface area contributed by atoms with Gasteiger partial charge in [0.1, 0.15) is 11.6 Å². The third kappa shape index (κ3) is 5.06. The Kier molecular flexibility index (Phi) is 6.09. The van der Waals surface area contributed by atoms with E-state index in [2.05, 4.69) is 25.2 Å². The normalized spacial score (nSPS) is 13.2. The molecule has 0 aliphatic carbocycles. The van der Waals surface area contributed by atoms with Crippen LogP contribution >= 0.6 is 0 Å². The fourth-order valence-corrected chi connectivity index (χ4v) is 2.59. The molecule has 0 saturated heterocycles. The van der Waals surface area contributed by atoms with Gasteiger partial charge in [-0.1, -0.05) is 5.16 Å². The molecule has 0 fully saturated rings. The number of hydrogen-bond donors (Lipinski definition) is 1. The van der Waals surface area contributed by atoms with Crippen molar-refractivity contribution in [2.24, 2.45) is 0 Å². The van der Waals surface area contributed by atoms with Crippen LogP contribution in [0.15, 0.2) is 41.1 Å². The first-order valence-corrected chi connectivity index (χ1v) is 8.98. The van der Waals surface area contributed by atoms with Gasteiger partial charge < -0.3 is 14.6 Å². The smallest absolute Gasteiger partial charge is 0.425 e. The number of anilines is 1. The van der Waals surface area contributed by atoms with Crippen LogP contribution in [0.2, 0.25) is 0 Å². The van der Waals surface area contributed by atoms with Crippen LogP contribution in [-0.2, 0) is 6.18 Å². The van der Waals surface area contributed by atoms with Gasteiger partial charge in [0.05, 0.1) is 11.1 Å². The fourth-order valence-electron chi connectivity index (χ4n) is 2.59. The highest BCUT2D eigenvalue weighted by atomic mass is 19.4. The first-order chi connectivity index (χ1) is 14.5. The molecule has 1 N–H and O–H groups in total. The van der Waals surface area contributed by atoms with Crippen molar-refractivity contribution in [1.82, 2.24) is 15.1 Å². The van der Waals surface area contributed by atoms with Crippen LogP contribution < -0.4 is 10.1 Å². The van der Waals surface area contributed by atoms with E-state index in [1.807, 2.05) is 6.92 Å². The monoisotopic (exact) mass is 446 g/mol. The standard InChI is InChI=1S/C19H16F6N4O2/c1-3-26-15-12(5-4-8-27-15)16-28-17(31-29-16)11-6-7-14(13(9-11)19(23,24)25)30-10(2)18(20,21)22/h4-10H,3H2,1-2H3,(H,26,27). The van der Waals surface area contributed by atoms with Crippen LogP contribution in [0.1, 0.15) is 19.4 Å². The van der Waals surface area contributed by atoms with Crippen molar-refractivity contribution < 1.29 is 35.6 Å². The lowest BCUT2D eigenvalue weighted by Crippen LogP contribution is -2.31. The topological polar surface area (TPSA) is 73.1 Å². The number of ether oxygens (including phenoxy) is 1. The number of pyridine rings is 1. The van der Waals surface area contributed by atoms with Crippen LogP contribution in [0.3, 0.4) is 0 Å². The van der Waals surface area contributed by atoms with Gasteiger partial charge in [-0.2, -0.15) is 31.3 Å². The zero-order chi connectivity index (χ0) is 22.8. The number of nitrogens with one attached hydrogen (secondary N) is 1. The van der Waals surface area contributed by atoms with Crippen molar-refractivity contribution in [3.63, 3.8) is 0 Å². The summed E-state index contributed by atoms with van der Waals surface area (Å²) in [6.45, 7) is 3.03. The maximum Gasteiger partial charge on any atom is 0.425 e. The summed E-state index contributed by atoms with van der Waals surface area (Å²) in [5.74, 6) is -0.665. The summed E-state index contributed by atoms with van der Waals surface area (Å²) in [5.41, 5.74) is -1.06. The van der Waals surface area contributed by atoms with E-state index in [0.717, 1.165) is 12.1 Å². The molecule has 1 atom stereocenters. The Morgan fingerprint density at radius 2 is 1.87 bits per heavy atom. The number of alkyl halides is 6. The molecular formula is C19H16F6N4O2. The molecule has 0 amide bonds. The number of nitrogens with zero attached hydrogens (tertiary/aromatic N) is 3. The molecule has 12 heteroatoms. The van der Waals surface area contributed by atoms with Crippen molar-refractivity contribution in [3.05, 3.63) is 42.1 Å². The van der Waals surface area contributed by atoms with Gasteiger partial charge in [0.25, 0.3) is 5.89 Å². The molecular weight excluding hydrogens is 430 g/mol. The van der Waals surface area contributed by atoms with Crippen molar-refractivity contribution in [2.75, 3.05) is 11.9 Å². The molecule has 0 bridgehead atoms. The lowest BCUT2D eigenvalue weighted by Gasteiger charge is -2.20. The summed E-state index contributed by atoms with van der Waals surface area (Å²) in [5, 5.41) is 6.77. The van der Waals surface area contributed by atoms with Crippen molar-refractivity contribution >= 4 is 5.82 Å². The van der Waals surface area contributed by atoms with Gasteiger partial charge in [0.2, 0.25) is 5.82 Å². The van der Waals surface area contributed by atoms with E-state index in [9.17, 15) is 26.3 Å². The van der Waals surface area contributed by atoms with Crippen LogP contribution in [0, 0.1) is 0 Å². The van der Waals surface area contributed by atoms with Crippen LogP contribution in [0.5, 0.6) is 5.75 Å². The first kappa shape index (κ1) is 22.4.